The molecule has 8 nitrogen and oxygen atoms in total. The van der Waals surface area contributed by atoms with Gasteiger partial charge in [-0.25, -0.2) is 10.9 Å². The third kappa shape index (κ3) is 5.80. The lowest BCUT2D eigenvalue weighted by atomic mass is 10.2. The van der Waals surface area contributed by atoms with Crippen LogP contribution < -0.4 is 22.1 Å². The van der Waals surface area contributed by atoms with Crippen LogP contribution >= 0.6 is 23.4 Å². The number of amides is 1. The topological polar surface area (TPSA) is 112 Å². The SMILES string of the molecule is NC1NN[C@H](CN(Cc2ccc(=O)[nH]c2)C(=O)CSc2ccccc2Cl)O1. The molecule has 2 aromatic rings. The lowest BCUT2D eigenvalue weighted by Gasteiger charge is -2.25. The van der Waals surface area contributed by atoms with Crippen molar-refractivity contribution in [2.24, 2.45) is 5.73 Å². The van der Waals surface area contributed by atoms with Crippen LogP contribution in [0.15, 0.2) is 52.3 Å². The van der Waals surface area contributed by atoms with Crippen molar-refractivity contribution < 1.29 is 9.53 Å². The molecule has 1 unspecified atom stereocenters. The Morgan fingerprint density at radius 2 is 2.07 bits per heavy atom. The van der Waals surface area contributed by atoms with Crippen LogP contribution in [0.1, 0.15) is 5.56 Å². The van der Waals surface area contributed by atoms with Gasteiger partial charge in [-0.05, 0) is 17.7 Å². The van der Waals surface area contributed by atoms with Gasteiger partial charge in [-0.2, -0.15) is 0 Å². The summed E-state index contributed by atoms with van der Waals surface area (Å²) in [6.07, 6.45) is 0.533. The summed E-state index contributed by atoms with van der Waals surface area (Å²) in [5, 5.41) is 0.610. The minimum Gasteiger partial charge on any atom is -0.334 e. The van der Waals surface area contributed by atoms with Gasteiger partial charge in [-0.15, -0.1) is 11.8 Å². The van der Waals surface area contributed by atoms with Gasteiger partial charge in [-0.1, -0.05) is 29.8 Å². The fraction of sp³-hybridized carbons (Fsp3) is 0.294. The summed E-state index contributed by atoms with van der Waals surface area (Å²) in [7, 11) is 0. The summed E-state index contributed by atoms with van der Waals surface area (Å²) in [4.78, 5) is 29.2. The molecule has 2 atom stereocenters. The molecule has 2 heterocycles. The zero-order chi connectivity index (χ0) is 19.2. The molecule has 1 aliphatic heterocycles. The summed E-state index contributed by atoms with van der Waals surface area (Å²) in [5.74, 6) is 0.135. The van der Waals surface area contributed by atoms with E-state index in [0.29, 0.717) is 18.1 Å². The maximum Gasteiger partial charge on any atom is 0.247 e. The second-order valence-electron chi connectivity index (χ2n) is 5.89. The van der Waals surface area contributed by atoms with Crippen molar-refractivity contribution in [2.75, 3.05) is 12.3 Å². The molecule has 0 bridgehead atoms. The van der Waals surface area contributed by atoms with Crippen molar-refractivity contribution in [1.82, 2.24) is 20.7 Å². The molecule has 1 aromatic carbocycles. The minimum absolute atomic E-state index is 0.0861. The smallest absolute Gasteiger partial charge is 0.247 e. The Morgan fingerprint density at radius 1 is 1.26 bits per heavy atom. The number of hydrogen-bond acceptors (Lipinski definition) is 7. The number of nitrogens with zero attached hydrogens (tertiary/aromatic N) is 1. The average molecular weight is 410 g/mol. The van der Waals surface area contributed by atoms with Crippen LogP contribution in [0.5, 0.6) is 0 Å². The molecule has 144 valence electrons. The number of carbonyl (C=O) groups excluding carboxylic acids is 1. The Hall–Kier alpha value is -1.88. The Bertz CT molecular complexity index is 829. The van der Waals surface area contributed by atoms with E-state index in [1.165, 1.54) is 17.8 Å². The van der Waals surface area contributed by atoms with Gasteiger partial charge in [0.15, 0.2) is 6.35 Å². The number of hydrogen-bond donors (Lipinski definition) is 4. The maximum atomic E-state index is 12.8. The van der Waals surface area contributed by atoms with E-state index < -0.39 is 12.6 Å². The van der Waals surface area contributed by atoms with Gasteiger partial charge < -0.3 is 14.6 Å². The number of halogens is 1. The third-order valence-corrected chi connectivity index (χ3v) is 5.35. The first-order valence-corrected chi connectivity index (χ1v) is 9.62. The normalized spacial score (nSPS) is 19.2. The van der Waals surface area contributed by atoms with Crippen LogP contribution in [-0.2, 0) is 16.1 Å². The second-order valence-corrected chi connectivity index (χ2v) is 7.31. The number of aromatic nitrogens is 1. The summed E-state index contributed by atoms with van der Waals surface area (Å²) < 4.78 is 5.46. The molecule has 0 radical (unpaired) electrons. The van der Waals surface area contributed by atoms with Crippen molar-refractivity contribution in [3.63, 3.8) is 0 Å². The van der Waals surface area contributed by atoms with Crippen molar-refractivity contribution in [2.45, 2.75) is 24.0 Å². The van der Waals surface area contributed by atoms with Gasteiger partial charge in [0, 0.05) is 23.7 Å². The number of hydrazine groups is 1. The Morgan fingerprint density at radius 3 is 2.74 bits per heavy atom. The third-order valence-electron chi connectivity index (χ3n) is 3.85. The van der Waals surface area contributed by atoms with Crippen LogP contribution in [0.2, 0.25) is 5.02 Å². The average Bonchev–Trinajstić information content (AvgIpc) is 3.07. The van der Waals surface area contributed by atoms with E-state index in [1.807, 2.05) is 18.2 Å². The van der Waals surface area contributed by atoms with Crippen molar-refractivity contribution in [1.29, 1.82) is 0 Å². The largest absolute Gasteiger partial charge is 0.334 e. The highest BCUT2D eigenvalue weighted by Gasteiger charge is 2.26. The maximum absolute atomic E-state index is 12.8. The Balaban J connectivity index is 1.67. The van der Waals surface area contributed by atoms with E-state index >= 15 is 0 Å². The number of H-pyrrole nitrogens is 1. The zero-order valence-electron chi connectivity index (χ0n) is 14.4. The Kier molecular flexibility index (Phi) is 6.89. The predicted molar refractivity (Wildman–Crippen MR) is 104 cm³/mol. The van der Waals surface area contributed by atoms with Crippen molar-refractivity contribution >= 4 is 29.3 Å². The molecule has 1 aromatic heterocycles. The predicted octanol–water partition coefficient (Wildman–Crippen LogP) is 0.842. The molecule has 0 spiro atoms. The van der Waals surface area contributed by atoms with Gasteiger partial charge in [0.25, 0.3) is 0 Å². The quantitative estimate of drug-likeness (QED) is 0.501. The monoisotopic (exact) mass is 409 g/mol. The van der Waals surface area contributed by atoms with Crippen molar-refractivity contribution in [3.05, 3.63) is 63.5 Å². The van der Waals surface area contributed by atoms with Gasteiger partial charge in [0.1, 0.15) is 6.23 Å². The van der Waals surface area contributed by atoms with Gasteiger partial charge in [-0.3, -0.25) is 15.3 Å². The summed E-state index contributed by atoms with van der Waals surface area (Å²) in [6, 6.07) is 10.5. The molecule has 0 saturated carbocycles. The molecule has 3 rings (SSSR count). The van der Waals surface area contributed by atoms with E-state index in [9.17, 15) is 9.59 Å². The van der Waals surface area contributed by atoms with Crippen LogP contribution in [0.25, 0.3) is 0 Å². The Labute approximate surface area is 165 Å². The number of rotatable bonds is 7. The lowest BCUT2D eigenvalue weighted by Crippen LogP contribution is -2.44. The molecule has 27 heavy (non-hydrogen) atoms. The summed E-state index contributed by atoms with van der Waals surface area (Å²) >= 11 is 7.53. The standard InChI is InChI=1S/C17H20ClN5O3S/c18-12-3-1-2-4-13(12)27-10-16(25)23(9-15-21-22-17(19)26-15)8-11-5-6-14(24)20-7-11/h1-7,15,17,21-22H,8-10,19H2,(H,20,24)/t15-,17?/m0/s1. The van der Waals surface area contributed by atoms with Gasteiger partial charge >= 0.3 is 0 Å². The highest BCUT2D eigenvalue weighted by molar-refractivity contribution is 8.00. The summed E-state index contributed by atoms with van der Waals surface area (Å²) in [5.41, 5.74) is 11.9. The van der Waals surface area contributed by atoms with Crippen LogP contribution in [0.4, 0.5) is 0 Å². The minimum atomic E-state index is -0.627. The number of pyridine rings is 1. The van der Waals surface area contributed by atoms with Crippen LogP contribution in [-0.4, -0.2) is 40.7 Å². The molecule has 1 fully saturated rings. The number of aromatic amines is 1. The molecule has 10 heteroatoms. The van der Waals surface area contributed by atoms with Gasteiger partial charge in [0.05, 0.1) is 17.3 Å². The van der Waals surface area contributed by atoms with Crippen LogP contribution in [0, 0.1) is 0 Å². The van der Waals surface area contributed by atoms with E-state index in [1.54, 1.807) is 23.2 Å². The summed E-state index contributed by atoms with van der Waals surface area (Å²) in [6.45, 7) is 0.622. The van der Waals surface area contributed by atoms with E-state index in [4.69, 9.17) is 22.1 Å². The highest BCUT2D eigenvalue weighted by atomic mass is 35.5. The number of ether oxygens (including phenoxy) is 1. The fourth-order valence-corrected chi connectivity index (χ4v) is 3.66. The number of nitrogens with two attached hydrogens (primary N) is 1. The molecule has 1 saturated heterocycles. The van der Waals surface area contributed by atoms with E-state index in [0.717, 1.165) is 10.5 Å². The second kappa shape index (κ2) is 9.36. The first kappa shape index (κ1) is 19.9. The van der Waals surface area contributed by atoms with Crippen LogP contribution in [0.3, 0.4) is 0 Å². The van der Waals surface area contributed by atoms with E-state index in [-0.39, 0.29) is 17.2 Å². The van der Waals surface area contributed by atoms with Gasteiger partial charge in [0.2, 0.25) is 11.5 Å². The fourth-order valence-electron chi connectivity index (χ4n) is 2.52. The highest BCUT2D eigenvalue weighted by Crippen LogP contribution is 2.26. The lowest BCUT2D eigenvalue weighted by molar-refractivity contribution is -0.131. The first-order chi connectivity index (χ1) is 13.0. The van der Waals surface area contributed by atoms with E-state index in [2.05, 4.69) is 15.8 Å². The molecule has 5 N–H and O–H groups in total. The number of carbonyl (C=O) groups is 1. The zero-order valence-corrected chi connectivity index (χ0v) is 15.9. The number of thioether (sulfide) groups is 1. The molecular weight excluding hydrogens is 390 g/mol. The first-order valence-electron chi connectivity index (χ1n) is 8.26. The number of benzene rings is 1. The molecule has 1 amide bonds. The molecular formula is C17H20ClN5O3S. The van der Waals surface area contributed by atoms with Crippen molar-refractivity contribution in [3.8, 4) is 0 Å². The molecule has 1 aliphatic rings. The number of nitrogens with one attached hydrogen (secondary N) is 3. The molecule has 0 aliphatic carbocycles.